The predicted molar refractivity (Wildman–Crippen MR) is 112 cm³/mol. The molecule has 3 aromatic rings. The Labute approximate surface area is 173 Å². The van der Waals surface area contributed by atoms with Crippen LogP contribution in [-0.2, 0) is 10.0 Å². The summed E-state index contributed by atoms with van der Waals surface area (Å²) in [5.41, 5.74) is 0.120. The molecule has 4 rings (SSSR count). The first-order valence-electron chi connectivity index (χ1n) is 9.40. The number of piperazine rings is 1. The van der Waals surface area contributed by atoms with Gasteiger partial charge in [-0.3, -0.25) is 14.9 Å². The van der Waals surface area contributed by atoms with Crippen LogP contribution in [0, 0.1) is 10.1 Å². The Morgan fingerprint density at radius 2 is 1.50 bits per heavy atom. The summed E-state index contributed by atoms with van der Waals surface area (Å²) in [7, 11) is -4.03. The van der Waals surface area contributed by atoms with Gasteiger partial charge in [0.05, 0.1) is 4.92 Å². The highest BCUT2D eigenvalue weighted by molar-refractivity contribution is 7.89. The van der Waals surface area contributed by atoms with Gasteiger partial charge in [0.2, 0.25) is 10.0 Å². The van der Waals surface area contributed by atoms with Crippen molar-refractivity contribution in [1.82, 2.24) is 9.21 Å². The largest absolute Gasteiger partial charge is 0.336 e. The molecule has 0 unspecified atom stereocenters. The van der Waals surface area contributed by atoms with Crippen LogP contribution < -0.4 is 0 Å². The maximum Gasteiger partial charge on any atom is 0.289 e. The zero-order chi connectivity index (χ0) is 21.3. The van der Waals surface area contributed by atoms with E-state index in [-0.39, 0.29) is 37.0 Å². The molecule has 30 heavy (non-hydrogen) atoms. The zero-order valence-corrected chi connectivity index (χ0v) is 16.8. The number of hydrogen-bond donors (Lipinski definition) is 0. The van der Waals surface area contributed by atoms with Crippen LogP contribution in [0.15, 0.2) is 71.6 Å². The summed E-state index contributed by atoms with van der Waals surface area (Å²) in [6, 6.07) is 18.4. The normalized spacial score (nSPS) is 15.3. The summed E-state index contributed by atoms with van der Waals surface area (Å²) in [4.78, 5) is 24.9. The first kappa shape index (κ1) is 20.0. The lowest BCUT2D eigenvalue weighted by atomic mass is 10.0. The standard InChI is InChI=1S/C21H19N3O5S/c25-21(18-9-5-7-16-6-1-2-8-17(16)18)22-12-14-23(15-13-22)30(28,29)20-11-4-3-10-19(20)24(26)27/h1-11H,12-15H2. The minimum Gasteiger partial charge on any atom is -0.336 e. The molecule has 0 aromatic heterocycles. The van der Waals surface area contributed by atoms with E-state index in [2.05, 4.69) is 0 Å². The van der Waals surface area contributed by atoms with Crippen molar-refractivity contribution >= 4 is 32.4 Å². The number of sulfonamides is 1. The number of nitrogens with zero attached hydrogens (tertiary/aromatic N) is 3. The van der Waals surface area contributed by atoms with Crippen molar-refractivity contribution in [3.63, 3.8) is 0 Å². The lowest BCUT2D eigenvalue weighted by Crippen LogP contribution is -2.50. The highest BCUT2D eigenvalue weighted by Gasteiger charge is 2.34. The second-order valence-electron chi connectivity index (χ2n) is 6.95. The quantitative estimate of drug-likeness (QED) is 0.473. The van der Waals surface area contributed by atoms with Crippen molar-refractivity contribution in [1.29, 1.82) is 0 Å². The number of carbonyl (C=O) groups excluding carboxylic acids is 1. The van der Waals surface area contributed by atoms with Crippen molar-refractivity contribution in [2.24, 2.45) is 0 Å². The fourth-order valence-corrected chi connectivity index (χ4v) is 5.26. The van der Waals surface area contributed by atoms with Crippen molar-refractivity contribution in [3.05, 3.63) is 82.4 Å². The maximum atomic E-state index is 13.1. The number of benzene rings is 3. The SMILES string of the molecule is O=C(c1cccc2ccccc12)N1CCN(S(=O)(=O)c2ccccc2[N+](=O)[O-])CC1. The van der Waals surface area contributed by atoms with Crippen molar-refractivity contribution in [3.8, 4) is 0 Å². The Morgan fingerprint density at radius 3 is 2.23 bits per heavy atom. The third kappa shape index (κ3) is 3.53. The molecular weight excluding hydrogens is 406 g/mol. The number of carbonyl (C=O) groups is 1. The molecule has 0 N–H and O–H groups in total. The van der Waals surface area contributed by atoms with Gasteiger partial charge in [-0.2, -0.15) is 4.31 Å². The topological polar surface area (TPSA) is 101 Å². The van der Waals surface area contributed by atoms with Crippen LogP contribution in [-0.4, -0.2) is 54.6 Å². The number of hydrogen-bond acceptors (Lipinski definition) is 5. The van der Waals surface area contributed by atoms with Crippen LogP contribution in [0.5, 0.6) is 0 Å². The monoisotopic (exact) mass is 425 g/mol. The first-order chi connectivity index (χ1) is 14.4. The van der Waals surface area contributed by atoms with Crippen molar-refractivity contribution < 1.29 is 18.1 Å². The number of fused-ring (bicyclic) bond motifs is 1. The van der Waals surface area contributed by atoms with E-state index in [1.165, 1.54) is 28.6 Å². The minimum atomic E-state index is -4.03. The summed E-state index contributed by atoms with van der Waals surface area (Å²) in [6.45, 7) is 0.569. The molecule has 154 valence electrons. The Morgan fingerprint density at radius 1 is 0.867 bits per heavy atom. The molecule has 0 radical (unpaired) electrons. The Hall–Kier alpha value is -3.30. The van der Waals surface area contributed by atoms with Gasteiger partial charge in [0.25, 0.3) is 11.6 Å². The average molecular weight is 425 g/mol. The molecule has 0 spiro atoms. The Kier molecular flexibility index (Phi) is 5.23. The Balaban J connectivity index is 1.54. The highest BCUT2D eigenvalue weighted by Crippen LogP contribution is 2.27. The molecular formula is C21H19N3O5S. The van der Waals surface area contributed by atoms with Gasteiger partial charge in [-0.05, 0) is 22.9 Å². The van der Waals surface area contributed by atoms with Crippen LogP contribution >= 0.6 is 0 Å². The summed E-state index contributed by atoms with van der Waals surface area (Å²) < 4.78 is 27.1. The van der Waals surface area contributed by atoms with E-state index in [1.807, 2.05) is 36.4 Å². The molecule has 0 saturated carbocycles. The van der Waals surface area contributed by atoms with E-state index >= 15 is 0 Å². The molecule has 1 fully saturated rings. The number of nitro benzene ring substituents is 1. The zero-order valence-electron chi connectivity index (χ0n) is 16.0. The molecule has 9 heteroatoms. The van der Waals surface area contributed by atoms with Gasteiger partial charge >= 0.3 is 0 Å². The van der Waals surface area contributed by atoms with Gasteiger partial charge in [0, 0.05) is 37.8 Å². The predicted octanol–water partition coefficient (Wildman–Crippen LogP) is 2.89. The van der Waals surface area contributed by atoms with Crippen LogP contribution in [0.1, 0.15) is 10.4 Å². The summed E-state index contributed by atoms with van der Waals surface area (Å²) in [6.07, 6.45) is 0. The Bertz CT molecular complexity index is 1230. The maximum absolute atomic E-state index is 13.1. The molecule has 1 aliphatic heterocycles. The highest BCUT2D eigenvalue weighted by atomic mass is 32.2. The third-order valence-corrected chi connectivity index (χ3v) is 7.17. The molecule has 1 heterocycles. The molecule has 1 amide bonds. The van der Waals surface area contributed by atoms with Crippen LogP contribution in [0.4, 0.5) is 5.69 Å². The number of amides is 1. The molecule has 0 atom stereocenters. The molecule has 1 saturated heterocycles. The van der Waals surface area contributed by atoms with Gasteiger partial charge in [0.15, 0.2) is 4.90 Å². The van der Waals surface area contributed by atoms with Gasteiger partial charge in [-0.1, -0.05) is 48.5 Å². The van der Waals surface area contributed by atoms with E-state index in [4.69, 9.17) is 0 Å². The van der Waals surface area contributed by atoms with Crippen LogP contribution in [0.2, 0.25) is 0 Å². The van der Waals surface area contributed by atoms with E-state index in [9.17, 15) is 23.3 Å². The number of para-hydroxylation sites is 1. The molecule has 8 nitrogen and oxygen atoms in total. The molecule has 0 bridgehead atoms. The molecule has 1 aliphatic rings. The van der Waals surface area contributed by atoms with Gasteiger partial charge in [0.1, 0.15) is 0 Å². The van der Waals surface area contributed by atoms with E-state index < -0.39 is 20.6 Å². The first-order valence-corrected chi connectivity index (χ1v) is 10.8. The fraction of sp³-hybridized carbons (Fsp3) is 0.190. The van der Waals surface area contributed by atoms with Crippen molar-refractivity contribution in [2.75, 3.05) is 26.2 Å². The summed E-state index contributed by atoms with van der Waals surface area (Å²) in [5, 5.41) is 13.0. The molecule has 0 aliphatic carbocycles. The second kappa shape index (κ2) is 7.85. The van der Waals surface area contributed by atoms with E-state index in [0.29, 0.717) is 5.56 Å². The van der Waals surface area contributed by atoms with E-state index in [1.54, 1.807) is 11.0 Å². The second-order valence-corrected chi connectivity index (χ2v) is 8.85. The lowest BCUT2D eigenvalue weighted by Gasteiger charge is -2.34. The average Bonchev–Trinajstić information content (AvgIpc) is 2.78. The van der Waals surface area contributed by atoms with Gasteiger partial charge in [-0.25, -0.2) is 8.42 Å². The summed E-state index contributed by atoms with van der Waals surface area (Å²) >= 11 is 0. The molecule has 3 aromatic carbocycles. The number of nitro groups is 1. The van der Waals surface area contributed by atoms with Gasteiger partial charge < -0.3 is 4.90 Å². The van der Waals surface area contributed by atoms with E-state index in [0.717, 1.165) is 10.8 Å². The summed E-state index contributed by atoms with van der Waals surface area (Å²) in [5.74, 6) is -0.158. The fourth-order valence-electron chi connectivity index (χ4n) is 3.68. The smallest absolute Gasteiger partial charge is 0.289 e. The van der Waals surface area contributed by atoms with Crippen LogP contribution in [0.25, 0.3) is 10.8 Å². The lowest BCUT2D eigenvalue weighted by molar-refractivity contribution is -0.387. The van der Waals surface area contributed by atoms with Gasteiger partial charge in [-0.15, -0.1) is 0 Å². The third-order valence-electron chi connectivity index (χ3n) is 5.23. The van der Waals surface area contributed by atoms with Crippen LogP contribution in [0.3, 0.4) is 0 Å². The minimum absolute atomic E-state index is 0.0743. The number of rotatable bonds is 4. The van der Waals surface area contributed by atoms with Crippen molar-refractivity contribution in [2.45, 2.75) is 4.90 Å².